The first-order valence-electron chi connectivity index (χ1n) is 6.49. The summed E-state index contributed by atoms with van der Waals surface area (Å²) in [4.78, 5) is 12.5. The second kappa shape index (κ2) is 5.91. The Morgan fingerprint density at radius 2 is 2.14 bits per heavy atom. The molecule has 3 nitrogen and oxygen atoms in total. The fraction of sp³-hybridized carbons (Fsp3) is 0.500. The molecular formula is C14H15F4NO2. The summed E-state index contributed by atoms with van der Waals surface area (Å²) >= 11 is 0. The van der Waals surface area contributed by atoms with E-state index in [-0.39, 0.29) is 6.54 Å². The zero-order valence-electron chi connectivity index (χ0n) is 11.4. The fourth-order valence-corrected chi connectivity index (χ4v) is 2.49. The summed E-state index contributed by atoms with van der Waals surface area (Å²) in [6.45, 7) is 0.0447. The highest BCUT2D eigenvalue weighted by atomic mass is 19.3. The lowest BCUT2D eigenvalue weighted by molar-refractivity contribution is -0.181. The third-order valence-electron chi connectivity index (χ3n) is 3.55. The standard InChI is InChI=1S/C14H15F4NO2/c1-21-10-5-2-4-9(8-10)11-6-3-7-19(11)13(20)14(17,18)12(15)16/h2,4-5,8,11-12H,3,6-7H2,1H3/t11-/m0/s1. The molecule has 116 valence electrons. The molecular weight excluding hydrogens is 290 g/mol. The number of carbonyl (C=O) groups excluding carboxylic acids is 1. The first-order valence-corrected chi connectivity index (χ1v) is 6.49. The molecule has 21 heavy (non-hydrogen) atoms. The van der Waals surface area contributed by atoms with Gasteiger partial charge < -0.3 is 9.64 Å². The van der Waals surface area contributed by atoms with Gasteiger partial charge in [-0.2, -0.15) is 8.78 Å². The predicted octanol–water partition coefficient (Wildman–Crippen LogP) is 3.26. The van der Waals surface area contributed by atoms with E-state index in [0.29, 0.717) is 24.2 Å². The van der Waals surface area contributed by atoms with Crippen molar-refractivity contribution >= 4 is 5.91 Å². The maximum Gasteiger partial charge on any atom is 0.383 e. The van der Waals surface area contributed by atoms with Crippen molar-refractivity contribution in [1.82, 2.24) is 4.90 Å². The van der Waals surface area contributed by atoms with Crippen LogP contribution in [-0.4, -0.2) is 36.8 Å². The Morgan fingerprint density at radius 3 is 2.76 bits per heavy atom. The van der Waals surface area contributed by atoms with Gasteiger partial charge in [0.1, 0.15) is 5.75 Å². The Balaban J connectivity index is 2.26. The van der Waals surface area contributed by atoms with Crippen LogP contribution in [0.25, 0.3) is 0 Å². The Hall–Kier alpha value is -1.79. The normalized spacial score (nSPS) is 19.1. The monoisotopic (exact) mass is 305 g/mol. The van der Waals surface area contributed by atoms with Gasteiger partial charge in [0, 0.05) is 6.54 Å². The van der Waals surface area contributed by atoms with Crippen LogP contribution in [0.5, 0.6) is 5.75 Å². The fourth-order valence-electron chi connectivity index (χ4n) is 2.49. The molecule has 1 atom stereocenters. The Kier molecular flexibility index (Phi) is 4.39. The van der Waals surface area contributed by atoms with Gasteiger partial charge in [-0.25, -0.2) is 8.78 Å². The predicted molar refractivity (Wildman–Crippen MR) is 67.6 cm³/mol. The summed E-state index contributed by atoms with van der Waals surface area (Å²) in [5, 5.41) is 0. The van der Waals surface area contributed by atoms with Crippen LogP contribution < -0.4 is 4.74 Å². The van der Waals surface area contributed by atoms with Crippen molar-refractivity contribution < 1.29 is 27.1 Å². The van der Waals surface area contributed by atoms with E-state index in [1.165, 1.54) is 7.11 Å². The zero-order chi connectivity index (χ0) is 15.6. The number of likely N-dealkylation sites (tertiary alicyclic amines) is 1. The number of halogens is 4. The Bertz CT molecular complexity index is 521. The highest BCUT2D eigenvalue weighted by Crippen LogP contribution is 2.37. The molecule has 1 fully saturated rings. The van der Waals surface area contributed by atoms with E-state index in [2.05, 4.69) is 0 Å². The molecule has 1 aliphatic heterocycles. The van der Waals surface area contributed by atoms with Crippen molar-refractivity contribution in [2.45, 2.75) is 31.2 Å². The molecule has 1 aromatic carbocycles. The third kappa shape index (κ3) is 2.96. The lowest BCUT2D eigenvalue weighted by atomic mass is 10.0. The summed E-state index contributed by atoms with van der Waals surface area (Å²) in [6, 6.07) is 6.01. The first kappa shape index (κ1) is 15.6. The van der Waals surface area contributed by atoms with Crippen LogP contribution in [0.4, 0.5) is 17.6 Å². The molecule has 0 saturated carbocycles. The summed E-state index contributed by atoms with van der Waals surface area (Å²) in [5.74, 6) is -5.95. The van der Waals surface area contributed by atoms with Crippen LogP contribution >= 0.6 is 0 Å². The molecule has 0 radical (unpaired) electrons. The van der Waals surface area contributed by atoms with E-state index in [0.717, 1.165) is 4.90 Å². The molecule has 7 heteroatoms. The average molecular weight is 305 g/mol. The Labute approximate surface area is 119 Å². The van der Waals surface area contributed by atoms with Gasteiger partial charge in [0.15, 0.2) is 0 Å². The number of rotatable bonds is 4. The van der Waals surface area contributed by atoms with Gasteiger partial charge in [0.05, 0.1) is 13.2 Å². The molecule has 1 aromatic rings. The summed E-state index contributed by atoms with van der Waals surface area (Å²) in [7, 11) is 1.46. The van der Waals surface area contributed by atoms with E-state index in [9.17, 15) is 22.4 Å². The lowest BCUT2D eigenvalue weighted by Gasteiger charge is -2.28. The second-order valence-corrected chi connectivity index (χ2v) is 4.86. The van der Waals surface area contributed by atoms with Crippen molar-refractivity contribution in [3.05, 3.63) is 29.8 Å². The van der Waals surface area contributed by atoms with Gasteiger partial charge >= 0.3 is 12.3 Å². The molecule has 1 aliphatic rings. The molecule has 0 aromatic heterocycles. The number of hydrogen-bond donors (Lipinski definition) is 0. The minimum atomic E-state index is -4.65. The van der Waals surface area contributed by atoms with E-state index < -0.39 is 24.3 Å². The lowest BCUT2D eigenvalue weighted by Crippen LogP contribution is -2.47. The van der Waals surface area contributed by atoms with E-state index in [4.69, 9.17) is 4.74 Å². The smallest absolute Gasteiger partial charge is 0.383 e. The van der Waals surface area contributed by atoms with Crippen molar-refractivity contribution in [2.24, 2.45) is 0 Å². The summed E-state index contributed by atoms with van der Waals surface area (Å²) in [6.07, 6.45) is -3.05. The van der Waals surface area contributed by atoms with Gasteiger partial charge in [0.2, 0.25) is 0 Å². The van der Waals surface area contributed by atoms with Crippen molar-refractivity contribution in [3.8, 4) is 5.75 Å². The average Bonchev–Trinajstić information content (AvgIpc) is 2.95. The van der Waals surface area contributed by atoms with E-state index in [1.807, 2.05) is 0 Å². The van der Waals surface area contributed by atoms with Gasteiger partial charge in [-0.15, -0.1) is 0 Å². The van der Waals surface area contributed by atoms with Crippen LogP contribution in [0.2, 0.25) is 0 Å². The summed E-state index contributed by atoms with van der Waals surface area (Å²) in [5.41, 5.74) is 0.602. The van der Waals surface area contributed by atoms with Crippen molar-refractivity contribution in [3.63, 3.8) is 0 Å². The molecule has 2 rings (SSSR count). The van der Waals surface area contributed by atoms with Crippen molar-refractivity contribution in [1.29, 1.82) is 0 Å². The van der Waals surface area contributed by atoms with Crippen LogP contribution in [0.15, 0.2) is 24.3 Å². The highest BCUT2D eigenvalue weighted by Gasteiger charge is 2.53. The van der Waals surface area contributed by atoms with Crippen LogP contribution in [0.1, 0.15) is 24.4 Å². The summed E-state index contributed by atoms with van der Waals surface area (Å²) < 4.78 is 56.3. The molecule has 1 saturated heterocycles. The number of ether oxygens (including phenoxy) is 1. The largest absolute Gasteiger partial charge is 0.497 e. The maximum absolute atomic E-state index is 13.3. The third-order valence-corrected chi connectivity index (χ3v) is 3.55. The number of methoxy groups -OCH3 is 1. The topological polar surface area (TPSA) is 29.5 Å². The van der Waals surface area contributed by atoms with E-state index in [1.54, 1.807) is 24.3 Å². The molecule has 1 heterocycles. The van der Waals surface area contributed by atoms with Gasteiger partial charge in [-0.05, 0) is 30.5 Å². The van der Waals surface area contributed by atoms with Gasteiger partial charge in [0.25, 0.3) is 5.91 Å². The molecule has 0 spiro atoms. The minimum Gasteiger partial charge on any atom is -0.497 e. The number of hydrogen-bond acceptors (Lipinski definition) is 2. The number of alkyl halides is 4. The number of carbonyl (C=O) groups is 1. The Morgan fingerprint density at radius 1 is 1.43 bits per heavy atom. The second-order valence-electron chi connectivity index (χ2n) is 4.86. The minimum absolute atomic E-state index is 0.0447. The molecule has 0 unspecified atom stereocenters. The van der Waals surface area contributed by atoms with E-state index >= 15 is 0 Å². The highest BCUT2D eigenvalue weighted by molar-refractivity contribution is 5.84. The molecule has 1 amide bonds. The maximum atomic E-state index is 13.3. The van der Waals surface area contributed by atoms with Crippen molar-refractivity contribution in [2.75, 3.05) is 13.7 Å². The van der Waals surface area contributed by atoms with Gasteiger partial charge in [-0.1, -0.05) is 12.1 Å². The molecule has 0 bridgehead atoms. The van der Waals surface area contributed by atoms with Crippen LogP contribution in [0, 0.1) is 0 Å². The number of benzene rings is 1. The van der Waals surface area contributed by atoms with Gasteiger partial charge in [-0.3, -0.25) is 4.79 Å². The molecule has 0 N–H and O–H groups in total. The van der Waals surface area contributed by atoms with Crippen LogP contribution in [-0.2, 0) is 4.79 Å². The number of amides is 1. The quantitative estimate of drug-likeness (QED) is 0.799. The zero-order valence-corrected chi connectivity index (χ0v) is 11.4. The SMILES string of the molecule is COc1cccc([C@@H]2CCCN2C(=O)C(F)(F)C(F)F)c1. The van der Waals surface area contributed by atoms with Crippen LogP contribution in [0.3, 0.4) is 0 Å². The number of nitrogens with zero attached hydrogens (tertiary/aromatic N) is 1. The first-order chi connectivity index (χ1) is 9.87. The molecule has 0 aliphatic carbocycles.